The Morgan fingerprint density at radius 3 is 2.90 bits per heavy atom. The molecular weight excluding hydrogens is 278 g/mol. The van der Waals surface area contributed by atoms with Crippen molar-refractivity contribution in [2.75, 3.05) is 7.11 Å². The molecule has 0 fully saturated rings. The van der Waals surface area contributed by atoms with Crippen LogP contribution >= 0.6 is 11.3 Å². The number of carbonyl (C=O) groups excluding carboxylic acids is 1. The van der Waals surface area contributed by atoms with E-state index in [0.29, 0.717) is 18.3 Å². The maximum atomic E-state index is 11.6. The van der Waals surface area contributed by atoms with Gasteiger partial charge in [0, 0.05) is 0 Å². The summed E-state index contributed by atoms with van der Waals surface area (Å²) in [7, 11) is 1.38. The van der Waals surface area contributed by atoms with E-state index in [1.807, 2.05) is 31.4 Å². The Balaban J connectivity index is 1.98. The number of thiophene rings is 1. The maximum absolute atomic E-state index is 11.6. The van der Waals surface area contributed by atoms with E-state index in [0.717, 1.165) is 4.88 Å². The van der Waals surface area contributed by atoms with Crippen molar-refractivity contribution in [1.82, 2.24) is 15.5 Å². The van der Waals surface area contributed by atoms with Crippen molar-refractivity contribution in [3.05, 3.63) is 23.4 Å². The van der Waals surface area contributed by atoms with Gasteiger partial charge in [0.15, 0.2) is 0 Å². The van der Waals surface area contributed by atoms with Crippen molar-refractivity contribution in [3.63, 3.8) is 0 Å². The highest BCUT2D eigenvalue weighted by molar-refractivity contribution is 7.13. The average molecular weight is 295 g/mol. The molecule has 2 aromatic rings. The summed E-state index contributed by atoms with van der Waals surface area (Å²) in [5.74, 6) is 0.763. The molecule has 20 heavy (non-hydrogen) atoms. The highest BCUT2D eigenvalue weighted by Crippen LogP contribution is 2.22. The fraction of sp³-hybridized carbons (Fsp3) is 0.462. The second kappa shape index (κ2) is 6.62. The van der Waals surface area contributed by atoms with Crippen LogP contribution in [0.5, 0.6) is 0 Å². The van der Waals surface area contributed by atoms with Gasteiger partial charge < -0.3 is 9.15 Å². The van der Waals surface area contributed by atoms with Crippen LogP contribution in [-0.2, 0) is 16.1 Å². The number of rotatable bonds is 6. The smallest absolute Gasteiger partial charge is 0.323 e. The highest BCUT2D eigenvalue weighted by atomic mass is 32.1. The Morgan fingerprint density at radius 2 is 2.30 bits per heavy atom. The predicted octanol–water partition coefficient (Wildman–Crippen LogP) is 2.09. The van der Waals surface area contributed by atoms with Gasteiger partial charge in [-0.05, 0) is 17.4 Å². The zero-order valence-electron chi connectivity index (χ0n) is 11.6. The molecule has 0 aliphatic heterocycles. The van der Waals surface area contributed by atoms with Crippen LogP contribution < -0.4 is 5.32 Å². The second-order valence-corrected chi connectivity index (χ2v) is 5.55. The van der Waals surface area contributed by atoms with Crippen molar-refractivity contribution >= 4 is 17.3 Å². The monoisotopic (exact) mass is 295 g/mol. The molecule has 0 radical (unpaired) electrons. The van der Waals surface area contributed by atoms with Crippen LogP contribution in [-0.4, -0.2) is 29.3 Å². The molecule has 1 N–H and O–H groups in total. The third kappa shape index (κ3) is 3.43. The van der Waals surface area contributed by atoms with E-state index in [4.69, 9.17) is 9.15 Å². The van der Waals surface area contributed by atoms with Crippen molar-refractivity contribution in [1.29, 1.82) is 0 Å². The summed E-state index contributed by atoms with van der Waals surface area (Å²) >= 11 is 1.54. The molecule has 0 saturated heterocycles. The molecule has 0 aliphatic carbocycles. The summed E-state index contributed by atoms with van der Waals surface area (Å²) in [4.78, 5) is 12.5. The van der Waals surface area contributed by atoms with E-state index in [9.17, 15) is 4.79 Å². The van der Waals surface area contributed by atoms with E-state index in [-0.39, 0.29) is 11.9 Å². The van der Waals surface area contributed by atoms with Crippen LogP contribution in [0.4, 0.5) is 0 Å². The Labute approximate surface area is 121 Å². The molecule has 2 aromatic heterocycles. The average Bonchev–Trinajstić information content (AvgIpc) is 3.08. The minimum atomic E-state index is -0.392. The molecule has 2 heterocycles. The zero-order valence-corrected chi connectivity index (χ0v) is 12.4. The van der Waals surface area contributed by atoms with Crippen LogP contribution in [0.25, 0.3) is 10.8 Å². The quantitative estimate of drug-likeness (QED) is 0.822. The first-order valence-corrected chi connectivity index (χ1v) is 7.17. The summed E-state index contributed by atoms with van der Waals surface area (Å²) < 4.78 is 10.3. The van der Waals surface area contributed by atoms with Gasteiger partial charge in [-0.3, -0.25) is 10.1 Å². The number of nitrogens with one attached hydrogen (secondary N) is 1. The molecule has 0 bridgehead atoms. The minimum absolute atomic E-state index is 0.113. The van der Waals surface area contributed by atoms with E-state index < -0.39 is 6.04 Å². The molecule has 0 amide bonds. The molecule has 0 saturated carbocycles. The van der Waals surface area contributed by atoms with Crippen LogP contribution in [0.3, 0.4) is 0 Å². The third-order valence-electron chi connectivity index (χ3n) is 2.79. The SMILES string of the molecule is COC(=O)C(NCc1nnc(-c2cccs2)o1)C(C)C. The van der Waals surface area contributed by atoms with Crippen LogP contribution in [0.2, 0.25) is 0 Å². The lowest BCUT2D eigenvalue weighted by molar-refractivity contribution is -0.144. The summed E-state index contributed by atoms with van der Waals surface area (Å²) in [5.41, 5.74) is 0. The Morgan fingerprint density at radius 1 is 1.50 bits per heavy atom. The van der Waals surface area contributed by atoms with Crippen molar-refractivity contribution in [2.24, 2.45) is 5.92 Å². The Bertz CT molecular complexity index is 551. The summed E-state index contributed by atoms with van der Waals surface area (Å²) in [6, 6.07) is 3.45. The zero-order chi connectivity index (χ0) is 14.5. The largest absolute Gasteiger partial charge is 0.468 e. The fourth-order valence-electron chi connectivity index (χ4n) is 1.74. The topological polar surface area (TPSA) is 77.2 Å². The highest BCUT2D eigenvalue weighted by Gasteiger charge is 2.23. The summed E-state index contributed by atoms with van der Waals surface area (Å²) in [5, 5.41) is 13.0. The second-order valence-electron chi connectivity index (χ2n) is 4.60. The van der Waals surface area contributed by atoms with Gasteiger partial charge in [-0.25, -0.2) is 0 Å². The number of hydrogen-bond donors (Lipinski definition) is 1. The van der Waals surface area contributed by atoms with E-state index in [1.165, 1.54) is 18.4 Å². The number of carbonyl (C=O) groups is 1. The van der Waals surface area contributed by atoms with Crippen molar-refractivity contribution in [3.8, 4) is 10.8 Å². The lowest BCUT2D eigenvalue weighted by Crippen LogP contribution is -2.41. The molecular formula is C13H17N3O3S. The Hall–Kier alpha value is -1.73. The first kappa shape index (κ1) is 14.7. The standard InChI is InChI=1S/C13H17N3O3S/c1-8(2)11(13(17)18-3)14-7-10-15-16-12(19-10)9-5-4-6-20-9/h4-6,8,11,14H,7H2,1-3H3. The summed E-state index contributed by atoms with van der Waals surface area (Å²) in [6.45, 7) is 4.22. The molecule has 0 aromatic carbocycles. The van der Waals surface area contributed by atoms with Gasteiger partial charge in [0.25, 0.3) is 5.89 Å². The number of aromatic nitrogens is 2. The minimum Gasteiger partial charge on any atom is -0.468 e. The number of nitrogens with zero attached hydrogens (tertiary/aromatic N) is 2. The molecule has 2 rings (SSSR count). The van der Waals surface area contributed by atoms with E-state index >= 15 is 0 Å². The van der Waals surface area contributed by atoms with Gasteiger partial charge in [0.2, 0.25) is 5.89 Å². The first-order chi connectivity index (χ1) is 9.61. The Kier molecular flexibility index (Phi) is 4.86. The number of methoxy groups -OCH3 is 1. The molecule has 0 spiro atoms. The molecule has 108 valence electrons. The number of ether oxygens (including phenoxy) is 1. The molecule has 0 aliphatic rings. The molecule has 1 unspecified atom stereocenters. The third-order valence-corrected chi connectivity index (χ3v) is 3.65. The summed E-state index contributed by atoms with van der Waals surface area (Å²) in [6.07, 6.45) is 0. The van der Waals surface area contributed by atoms with Crippen LogP contribution in [0.15, 0.2) is 21.9 Å². The van der Waals surface area contributed by atoms with E-state index in [1.54, 1.807) is 0 Å². The van der Waals surface area contributed by atoms with E-state index in [2.05, 4.69) is 15.5 Å². The van der Waals surface area contributed by atoms with Gasteiger partial charge in [0.1, 0.15) is 6.04 Å². The van der Waals surface area contributed by atoms with Gasteiger partial charge in [0.05, 0.1) is 18.5 Å². The van der Waals surface area contributed by atoms with Crippen LogP contribution in [0.1, 0.15) is 19.7 Å². The fourth-order valence-corrected chi connectivity index (χ4v) is 2.38. The van der Waals surface area contributed by atoms with Gasteiger partial charge >= 0.3 is 5.97 Å². The normalized spacial score (nSPS) is 12.6. The first-order valence-electron chi connectivity index (χ1n) is 6.29. The van der Waals surface area contributed by atoms with Crippen LogP contribution in [0, 0.1) is 5.92 Å². The molecule has 6 nitrogen and oxygen atoms in total. The maximum Gasteiger partial charge on any atom is 0.323 e. The van der Waals surface area contributed by atoms with Crippen molar-refractivity contribution in [2.45, 2.75) is 26.4 Å². The predicted molar refractivity (Wildman–Crippen MR) is 75.1 cm³/mol. The van der Waals surface area contributed by atoms with Gasteiger partial charge in [-0.1, -0.05) is 19.9 Å². The lowest BCUT2D eigenvalue weighted by atomic mass is 10.1. The molecule has 7 heteroatoms. The van der Waals surface area contributed by atoms with Gasteiger partial charge in [-0.2, -0.15) is 0 Å². The molecule has 1 atom stereocenters. The van der Waals surface area contributed by atoms with Crippen molar-refractivity contribution < 1.29 is 13.9 Å². The van der Waals surface area contributed by atoms with Gasteiger partial charge in [-0.15, -0.1) is 21.5 Å². The number of hydrogen-bond acceptors (Lipinski definition) is 7. The number of esters is 1. The lowest BCUT2D eigenvalue weighted by Gasteiger charge is -2.18.